The Hall–Kier alpha value is -0.650. The van der Waals surface area contributed by atoms with Crippen molar-refractivity contribution in [2.75, 3.05) is 19.6 Å². The molecule has 0 aromatic rings. The fourth-order valence-electron chi connectivity index (χ4n) is 2.48. The third-order valence-corrected chi connectivity index (χ3v) is 3.94. The second-order valence-corrected chi connectivity index (χ2v) is 6.30. The Morgan fingerprint density at radius 2 is 1.43 bits per heavy atom. The lowest BCUT2D eigenvalue weighted by Gasteiger charge is -2.07. The minimum atomic E-state index is -1.24. The van der Waals surface area contributed by atoms with Gasteiger partial charge >= 0.3 is 0 Å². The van der Waals surface area contributed by atoms with Crippen molar-refractivity contribution in [3.8, 4) is 0 Å². The molecule has 0 radical (unpaired) electrons. The van der Waals surface area contributed by atoms with Crippen LogP contribution in [0.15, 0.2) is 0 Å². The molecule has 0 unspecified atom stereocenters. The first-order valence-corrected chi connectivity index (χ1v) is 9.50. The molecule has 0 rings (SSSR count). The predicted octanol–water partition coefficient (Wildman–Crippen LogP) is 2.70. The summed E-state index contributed by atoms with van der Waals surface area (Å²) in [6.45, 7) is 4.30. The molecule has 0 saturated heterocycles. The molecule has 1 amide bonds. The zero-order valence-electron chi connectivity index (χ0n) is 15.0. The fraction of sp³-hybridized carbons (Fsp3) is 0.944. The quantitative estimate of drug-likeness (QED) is 0.244. The molecule has 0 aliphatic rings. The lowest BCUT2D eigenvalue weighted by molar-refractivity contribution is -0.121. The maximum atomic E-state index is 11.6. The van der Waals surface area contributed by atoms with Crippen molar-refractivity contribution in [3.63, 3.8) is 0 Å². The monoisotopic (exact) mass is 330 g/mol. The summed E-state index contributed by atoms with van der Waals surface area (Å²) < 4.78 is 0. The standard InChI is InChI=1S/C18H38N2O3/c1-2-3-4-5-6-7-8-9-10-12-17(21)20-15-11-14-19-16-13-18(22)23/h18-19,22-23H,2-16H2,1H3,(H,20,21). The van der Waals surface area contributed by atoms with Crippen LogP contribution in [0.4, 0.5) is 0 Å². The zero-order valence-corrected chi connectivity index (χ0v) is 15.0. The van der Waals surface area contributed by atoms with Crippen molar-refractivity contribution in [2.45, 2.75) is 90.3 Å². The molecule has 4 N–H and O–H groups in total. The van der Waals surface area contributed by atoms with E-state index >= 15 is 0 Å². The van der Waals surface area contributed by atoms with E-state index in [0.717, 1.165) is 25.8 Å². The fourth-order valence-corrected chi connectivity index (χ4v) is 2.48. The molecule has 0 spiro atoms. The molecule has 0 atom stereocenters. The van der Waals surface area contributed by atoms with Crippen LogP contribution in [0.3, 0.4) is 0 Å². The summed E-state index contributed by atoms with van der Waals surface area (Å²) in [6.07, 6.45) is 12.0. The number of amides is 1. The summed E-state index contributed by atoms with van der Waals surface area (Å²) in [5.74, 6) is 0.152. The second-order valence-electron chi connectivity index (χ2n) is 6.30. The lowest BCUT2D eigenvalue weighted by atomic mass is 10.1. The van der Waals surface area contributed by atoms with Gasteiger partial charge < -0.3 is 20.8 Å². The van der Waals surface area contributed by atoms with Crippen molar-refractivity contribution in [1.29, 1.82) is 0 Å². The molecule has 0 aliphatic heterocycles. The molecule has 0 aromatic carbocycles. The largest absolute Gasteiger partial charge is 0.368 e. The van der Waals surface area contributed by atoms with Crippen molar-refractivity contribution in [2.24, 2.45) is 0 Å². The number of hydrogen-bond donors (Lipinski definition) is 4. The minimum Gasteiger partial charge on any atom is -0.368 e. The first kappa shape index (κ1) is 22.4. The molecule has 5 heteroatoms. The highest BCUT2D eigenvalue weighted by Crippen LogP contribution is 2.10. The zero-order chi connectivity index (χ0) is 17.2. The Bertz CT molecular complexity index is 261. The Balaban J connectivity index is 3.16. The van der Waals surface area contributed by atoms with E-state index in [0.29, 0.717) is 25.9 Å². The predicted molar refractivity (Wildman–Crippen MR) is 95.2 cm³/mol. The van der Waals surface area contributed by atoms with Gasteiger partial charge in [-0.25, -0.2) is 0 Å². The van der Waals surface area contributed by atoms with Crippen molar-refractivity contribution < 1.29 is 15.0 Å². The average molecular weight is 331 g/mol. The molecular formula is C18H38N2O3. The van der Waals surface area contributed by atoms with Crippen LogP contribution in [0, 0.1) is 0 Å². The van der Waals surface area contributed by atoms with Crippen LogP contribution in [0.1, 0.15) is 84.0 Å². The highest BCUT2D eigenvalue weighted by Gasteiger charge is 2.01. The summed E-state index contributed by atoms with van der Waals surface area (Å²) in [5, 5.41) is 23.4. The van der Waals surface area contributed by atoms with Gasteiger partial charge in [0.05, 0.1) is 0 Å². The molecule has 0 heterocycles. The summed E-state index contributed by atoms with van der Waals surface area (Å²) in [5.41, 5.74) is 0. The molecule has 0 saturated carbocycles. The Morgan fingerprint density at radius 1 is 0.826 bits per heavy atom. The van der Waals surface area contributed by atoms with Crippen LogP contribution in [-0.2, 0) is 4.79 Å². The number of nitrogens with one attached hydrogen (secondary N) is 2. The first-order valence-electron chi connectivity index (χ1n) is 9.50. The van der Waals surface area contributed by atoms with E-state index in [1.807, 2.05) is 0 Å². The smallest absolute Gasteiger partial charge is 0.219 e. The summed E-state index contributed by atoms with van der Waals surface area (Å²) in [4.78, 5) is 11.6. The normalized spacial score (nSPS) is 11.1. The number of carbonyl (C=O) groups excluding carboxylic acids is 1. The molecule has 0 fully saturated rings. The van der Waals surface area contributed by atoms with Crippen molar-refractivity contribution in [3.05, 3.63) is 0 Å². The van der Waals surface area contributed by atoms with Crippen LogP contribution in [0.2, 0.25) is 0 Å². The van der Waals surface area contributed by atoms with Crippen LogP contribution < -0.4 is 10.6 Å². The van der Waals surface area contributed by atoms with E-state index < -0.39 is 6.29 Å². The van der Waals surface area contributed by atoms with Crippen LogP contribution in [-0.4, -0.2) is 42.0 Å². The topological polar surface area (TPSA) is 81.6 Å². The number of aliphatic hydroxyl groups excluding tert-OH is 1. The van der Waals surface area contributed by atoms with Crippen molar-refractivity contribution >= 4 is 5.91 Å². The van der Waals surface area contributed by atoms with Gasteiger partial charge in [-0.15, -0.1) is 0 Å². The van der Waals surface area contributed by atoms with Gasteiger partial charge in [-0.05, 0) is 25.9 Å². The van der Waals surface area contributed by atoms with Crippen LogP contribution >= 0.6 is 0 Å². The maximum Gasteiger partial charge on any atom is 0.219 e. The lowest BCUT2D eigenvalue weighted by Crippen LogP contribution is -2.28. The Morgan fingerprint density at radius 3 is 2.04 bits per heavy atom. The summed E-state index contributed by atoms with van der Waals surface area (Å²) in [6, 6.07) is 0. The molecular weight excluding hydrogens is 292 g/mol. The van der Waals surface area contributed by atoms with Crippen LogP contribution in [0.5, 0.6) is 0 Å². The maximum absolute atomic E-state index is 11.6. The van der Waals surface area contributed by atoms with Gasteiger partial charge in [-0.1, -0.05) is 58.3 Å². The third-order valence-electron chi connectivity index (χ3n) is 3.94. The summed E-state index contributed by atoms with van der Waals surface area (Å²) >= 11 is 0. The number of hydrogen-bond acceptors (Lipinski definition) is 4. The van der Waals surface area contributed by atoms with Gasteiger partial charge in [0.2, 0.25) is 5.91 Å². The molecule has 5 nitrogen and oxygen atoms in total. The van der Waals surface area contributed by atoms with Gasteiger partial charge in [0.25, 0.3) is 0 Å². The highest BCUT2D eigenvalue weighted by atomic mass is 16.5. The highest BCUT2D eigenvalue weighted by molar-refractivity contribution is 5.75. The number of rotatable bonds is 17. The average Bonchev–Trinajstić information content (AvgIpc) is 2.52. The Kier molecular flexibility index (Phi) is 17.2. The summed E-state index contributed by atoms with van der Waals surface area (Å²) in [7, 11) is 0. The minimum absolute atomic E-state index is 0.152. The van der Waals surface area contributed by atoms with Gasteiger partial charge in [0.15, 0.2) is 6.29 Å². The number of unbranched alkanes of at least 4 members (excludes halogenated alkanes) is 8. The second kappa shape index (κ2) is 17.7. The van der Waals surface area contributed by atoms with E-state index in [-0.39, 0.29) is 5.91 Å². The van der Waals surface area contributed by atoms with Gasteiger partial charge in [-0.2, -0.15) is 0 Å². The molecule has 0 aliphatic carbocycles. The van der Waals surface area contributed by atoms with Crippen LogP contribution in [0.25, 0.3) is 0 Å². The van der Waals surface area contributed by atoms with E-state index in [2.05, 4.69) is 17.6 Å². The van der Waals surface area contributed by atoms with E-state index in [4.69, 9.17) is 10.2 Å². The van der Waals surface area contributed by atoms with Gasteiger partial charge in [0.1, 0.15) is 0 Å². The van der Waals surface area contributed by atoms with E-state index in [1.54, 1.807) is 0 Å². The molecule has 0 bridgehead atoms. The Labute approximate surface area is 142 Å². The number of carbonyl (C=O) groups is 1. The van der Waals surface area contributed by atoms with E-state index in [1.165, 1.54) is 44.9 Å². The van der Waals surface area contributed by atoms with Gasteiger partial charge in [0, 0.05) is 19.4 Å². The molecule has 23 heavy (non-hydrogen) atoms. The first-order chi connectivity index (χ1) is 11.2. The SMILES string of the molecule is CCCCCCCCCCCC(=O)NCCCNCCC(O)O. The van der Waals surface area contributed by atoms with Gasteiger partial charge in [-0.3, -0.25) is 4.79 Å². The third kappa shape index (κ3) is 19.3. The van der Waals surface area contributed by atoms with Crippen molar-refractivity contribution in [1.82, 2.24) is 10.6 Å². The molecule has 138 valence electrons. The van der Waals surface area contributed by atoms with E-state index in [9.17, 15) is 4.79 Å². The number of aliphatic hydroxyl groups is 2. The molecule has 0 aromatic heterocycles.